The van der Waals surface area contributed by atoms with Crippen LogP contribution < -0.4 is 5.32 Å². The monoisotopic (exact) mass is 617 g/mol. The number of nitrogens with zero attached hydrogens (tertiary/aromatic N) is 2. The Bertz CT molecular complexity index is 906. The Balaban J connectivity index is 1.84. The van der Waals surface area contributed by atoms with E-state index in [1.807, 2.05) is 6.92 Å². The predicted octanol–water partition coefficient (Wildman–Crippen LogP) is 3.77. The van der Waals surface area contributed by atoms with Crippen LogP contribution in [0.4, 0.5) is 17.1 Å². The second-order valence-electron chi connectivity index (χ2n) is 9.23. The fourth-order valence-corrected chi connectivity index (χ4v) is 3.65. The molecule has 0 aliphatic rings. The van der Waals surface area contributed by atoms with E-state index in [-0.39, 0.29) is 48.7 Å². The summed E-state index contributed by atoms with van der Waals surface area (Å²) in [6.07, 6.45) is 3.77. The molecule has 0 amide bonds. The Hall–Kier alpha value is -2.95. The molecule has 0 aromatic heterocycles. The third-order valence-corrected chi connectivity index (χ3v) is 6.01. The first-order valence-electron chi connectivity index (χ1n) is 14.7. The molecule has 1 aromatic rings. The van der Waals surface area contributed by atoms with Crippen LogP contribution in [0.15, 0.2) is 18.2 Å². The summed E-state index contributed by atoms with van der Waals surface area (Å²) >= 11 is 0. The third-order valence-electron chi connectivity index (χ3n) is 6.01. The van der Waals surface area contributed by atoms with Crippen LogP contribution in [0.1, 0.15) is 39.5 Å². The number of benzene rings is 1. The van der Waals surface area contributed by atoms with Gasteiger partial charge in [0.15, 0.2) is 0 Å². The predicted molar refractivity (Wildman–Crippen MR) is 157 cm³/mol. The number of nitro groups is 2. The van der Waals surface area contributed by atoms with Crippen molar-refractivity contribution in [2.75, 3.05) is 97.8 Å². The summed E-state index contributed by atoms with van der Waals surface area (Å²) in [5.74, 6) is -0.163. The number of nitrogens with one attached hydrogen (secondary N) is 1. The van der Waals surface area contributed by atoms with E-state index < -0.39 is 9.85 Å². The highest BCUT2D eigenvalue weighted by atomic mass is 16.6. The fraction of sp³-hybridized carbons (Fsp3) is 0.750. The first-order chi connectivity index (χ1) is 20.9. The molecule has 43 heavy (non-hydrogen) atoms. The molecular weight excluding hydrogens is 570 g/mol. The first kappa shape index (κ1) is 38.1. The summed E-state index contributed by atoms with van der Waals surface area (Å²) < 4.78 is 37.8. The van der Waals surface area contributed by atoms with Gasteiger partial charge in [-0.2, -0.15) is 0 Å². The van der Waals surface area contributed by atoms with Crippen molar-refractivity contribution in [3.05, 3.63) is 38.4 Å². The van der Waals surface area contributed by atoms with Gasteiger partial charge in [0.1, 0.15) is 12.3 Å². The van der Waals surface area contributed by atoms with Gasteiger partial charge in [-0.05, 0) is 18.9 Å². The number of carbonyl (C=O) groups excluding carboxylic acids is 1. The molecule has 246 valence electrons. The normalized spacial score (nSPS) is 11.8. The number of unbranched alkanes of at least 4 members (excludes halogenated alkanes) is 1. The van der Waals surface area contributed by atoms with Crippen molar-refractivity contribution in [1.82, 2.24) is 0 Å². The highest BCUT2D eigenvalue weighted by molar-refractivity contribution is 5.72. The lowest BCUT2D eigenvalue weighted by Gasteiger charge is -2.13. The van der Waals surface area contributed by atoms with Crippen LogP contribution in [0, 0.1) is 26.1 Å². The van der Waals surface area contributed by atoms with Gasteiger partial charge >= 0.3 is 5.97 Å². The average molecular weight is 618 g/mol. The van der Waals surface area contributed by atoms with Crippen LogP contribution in [-0.4, -0.2) is 108 Å². The summed E-state index contributed by atoms with van der Waals surface area (Å²) in [7, 11) is 0. The van der Waals surface area contributed by atoms with Crippen molar-refractivity contribution in [2.45, 2.75) is 39.5 Å². The highest BCUT2D eigenvalue weighted by Crippen LogP contribution is 2.28. The number of hydrogen-bond donors (Lipinski definition) is 1. The summed E-state index contributed by atoms with van der Waals surface area (Å²) in [5, 5.41) is 24.8. The molecule has 0 saturated heterocycles. The van der Waals surface area contributed by atoms with E-state index >= 15 is 0 Å². The van der Waals surface area contributed by atoms with E-state index in [1.165, 1.54) is 12.1 Å². The Morgan fingerprint density at radius 3 is 1.67 bits per heavy atom. The number of rotatable bonds is 29. The molecule has 0 spiro atoms. The number of non-ortho nitro benzene ring substituents is 1. The van der Waals surface area contributed by atoms with Gasteiger partial charge in [-0.25, -0.2) is 0 Å². The Morgan fingerprint density at radius 1 is 0.744 bits per heavy atom. The molecule has 15 nitrogen and oxygen atoms in total. The van der Waals surface area contributed by atoms with Gasteiger partial charge in [0.2, 0.25) is 0 Å². The van der Waals surface area contributed by atoms with Gasteiger partial charge < -0.3 is 38.5 Å². The zero-order chi connectivity index (χ0) is 31.5. The molecule has 0 radical (unpaired) electrons. The first-order valence-corrected chi connectivity index (χ1v) is 14.7. The minimum Gasteiger partial charge on any atom is -0.463 e. The van der Waals surface area contributed by atoms with Crippen molar-refractivity contribution in [3.8, 4) is 0 Å². The molecule has 0 bridgehead atoms. The molecule has 1 rings (SSSR count). The number of esters is 1. The van der Waals surface area contributed by atoms with E-state index in [4.69, 9.17) is 33.2 Å². The second-order valence-corrected chi connectivity index (χ2v) is 9.23. The van der Waals surface area contributed by atoms with E-state index in [1.54, 1.807) is 0 Å². The lowest BCUT2D eigenvalue weighted by Crippen LogP contribution is -2.20. The molecule has 1 atom stereocenters. The summed E-state index contributed by atoms with van der Waals surface area (Å²) in [6.45, 7) is 9.39. The smallest absolute Gasteiger partial charge is 0.308 e. The molecular formula is C28H47N3O12. The largest absolute Gasteiger partial charge is 0.463 e. The molecule has 0 fully saturated rings. The number of anilines is 1. The van der Waals surface area contributed by atoms with Crippen molar-refractivity contribution in [1.29, 1.82) is 0 Å². The number of ether oxygens (including phenoxy) is 7. The molecule has 1 aromatic carbocycles. The zero-order valence-corrected chi connectivity index (χ0v) is 25.3. The number of carbonyl (C=O) groups is 1. The second kappa shape index (κ2) is 25.5. The van der Waals surface area contributed by atoms with Gasteiger partial charge in [-0.1, -0.05) is 26.7 Å². The molecule has 15 heteroatoms. The zero-order valence-electron chi connectivity index (χ0n) is 25.3. The summed E-state index contributed by atoms with van der Waals surface area (Å²) in [5.41, 5.74) is -0.528. The molecule has 1 N–H and O–H groups in total. The highest BCUT2D eigenvalue weighted by Gasteiger charge is 2.19. The Morgan fingerprint density at radius 2 is 1.23 bits per heavy atom. The lowest BCUT2D eigenvalue weighted by molar-refractivity contribution is -0.393. The Kier molecular flexibility index (Phi) is 22.6. The van der Waals surface area contributed by atoms with E-state index in [9.17, 15) is 25.0 Å². The van der Waals surface area contributed by atoms with Gasteiger partial charge in [0.25, 0.3) is 11.4 Å². The van der Waals surface area contributed by atoms with Crippen LogP contribution in [0.3, 0.4) is 0 Å². The van der Waals surface area contributed by atoms with Crippen LogP contribution in [0.5, 0.6) is 0 Å². The summed E-state index contributed by atoms with van der Waals surface area (Å²) in [6, 6.07) is 3.42. The maximum absolute atomic E-state index is 12.0. The summed E-state index contributed by atoms with van der Waals surface area (Å²) in [4.78, 5) is 32.5. The Labute approximate surface area is 252 Å². The van der Waals surface area contributed by atoms with Crippen LogP contribution in [0.2, 0.25) is 0 Å². The topological polar surface area (TPSA) is 180 Å². The van der Waals surface area contributed by atoms with Crippen molar-refractivity contribution >= 4 is 23.0 Å². The standard InChI is InChI=1S/C28H47N3O12/c1-3-5-6-24(4-2)28(32)43-22-21-42-20-19-41-18-17-40-16-15-39-14-13-38-12-11-37-10-9-29-26-8-7-25(30(33)34)23-27(26)31(35)36/h7-8,23-24,29H,3-6,9-22H2,1-2H3. The third kappa shape index (κ3) is 19.0. The maximum atomic E-state index is 12.0. The van der Waals surface area contributed by atoms with E-state index in [2.05, 4.69) is 12.2 Å². The average Bonchev–Trinajstić information content (AvgIpc) is 2.99. The molecule has 1 unspecified atom stereocenters. The van der Waals surface area contributed by atoms with Crippen LogP contribution >= 0.6 is 0 Å². The molecule has 0 heterocycles. The molecule has 0 aliphatic heterocycles. The van der Waals surface area contributed by atoms with Crippen molar-refractivity contribution in [2.24, 2.45) is 5.92 Å². The van der Waals surface area contributed by atoms with E-state index in [0.717, 1.165) is 31.7 Å². The maximum Gasteiger partial charge on any atom is 0.308 e. The van der Waals surface area contributed by atoms with Crippen LogP contribution in [0.25, 0.3) is 0 Å². The lowest BCUT2D eigenvalue weighted by atomic mass is 10.00. The van der Waals surface area contributed by atoms with Gasteiger partial charge in [-0.15, -0.1) is 0 Å². The quantitative estimate of drug-likeness (QED) is 0.0594. The SMILES string of the molecule is CCCCC(CC)C(=O)OCCOCCOCCOCCOCCOCCOCCNc1ccc([N+](=O)[O-])cc1[N+](=O)[O-]. The van der Waals surface area contributed by atoms with Gasteiger partial charge in [-0.3, -0.25) is 25.0 Å². The number of hydrogen-bond acceptors (Lipinski definition) is 13. The van der Waals surface area contributed by atoms with Gasteiger partial charge in [0.05, 0.1) is 101 Å². The number of nitro benzene ring substituents is 2. The van der Waals surface area contributed by atoms with Crippen molar-refractivity contribution in [3.63, 3.8) is 0 Å². The van der Waals surface area contributed by atoms with E-state index in [0.29, 0.717) is 72.7 Å². The minimum absolute atomic E-state index is 0.0224. The molecule has 0 saturated carbocycles. The van der Waals surface area contributed by atoms with Gasteiger partial charge in [0, 0.05) is 12.6 Å². The van der Waals surface area contributed by atoms with Crippen LogP contribution in [-0.2, 0) is 38.0 Å². The molecule has 0 aliphatic carbocycles. The van der Waals surface area contributed by atoms with Crippen molar-refractivity contribution < 1.29 is 47.8 Å². The minimum atomic E-state index is -0.683. The fourth-order valence-electron chi connectivity index (χ4n) is 3.65.